The average Bonchev–Trinajstić information content (AvgIpc) is 2.49. The van der Waals surface area contributed by atoms with Crippen molar-refractivity contribution in [2.75, 3.05) is 7.11 Å². The van der Waals surface area contributed by atoms with Crippen LogP contribution < -0.4 is 4.74 Å². The van der Waals surface area contributed by atoms with Gasteiger partial charge in [-0.3, -0.25) is 4.55 Å². The Morgan fingerprint density at radius 1 is 0.935 bits per heavy atom. The van der Waals surface area contributed by atoms with Crippen LogP contribution in [-0.2, 0) is 10.1 Å². The standard InChI is InChI=1S/C25H44O5S/c1-15(2)13-24(8,9)22(25(10,11)14-23(5,6)7)18-16(3)17(4)20(30-12)21(19(18)26)31(27,28)29/h15,22,26H,13-14H2,1-12H3,(H,27,28,29). The van der Waals surface area contributed by atoms with Gasteiger partial charge in [0.25, 0.3) is 0 Å². The Morgan fingerprint density at radius 3 is 1.77 bits per heavy atom. The summed E-state index contributed by atoms with van der Waals surface area (Å²) in [6, 6.07) is 0. The van der Waals surface area contributed by atoms with E-state index in [0.29, 0.717) is 17.0 Å². The molecule has 0 aliphatic carbocycles. The van der Waals surface area contributed by atoms with Crippen molar-refractivity contribution in [3.8, 4) is 11.5 Å². The predicted octanol–water partition coefficient (Wildman–Crippen LogP) is 6.88. The van der Waals surface area contributed by atoms with Crippen molar-refractivity contribution >= 4 is 10.1 Å². The number of rotatable bonds is 8. The lowest BCUT2D eigenvalue weighted by Crippen LogP contribution is -2.38. The lowest BCUT2D eigenvalue weighted by Gasteiger charge is -2.49. The third kappa shape index (κ3) is 6.16. The van der Waals surface area contributed by atoms with Gasteiger partial charge in [0, 0.05) is 5.56 Å². The van der Waals surface area contributed by atoms with Crippen molar-refractivity contribution in [2.24, 2.45) is 22.2 Å². The second-order valence-corrected chi connectivity index (χ2v) is 13.5. The maximum Gasteiger partial charge on any atom is 0.301 e. The normalized spacial score (nSPS) is 14.8. The Bertz CT molecular complexity index is 903. The highest BCUT2D eigenvalue weighted by atomic mass is 32.2. The summed E-state index contributed by atoms with van der Waals surface area (Å²) in [5.41, 5.74) is 1.52. The first-order valence-electron chi connectivity index (χ1n) is 11.0. The Hall–Kier alpha value is -1.27. The van der Waals surface area contributed by atoms with Gasteiger partial charge in [0.2, 0.25) is 0 Å². The van der Waals surface area contributed by atoms with Gasteiger partial charge in [0.15, 0.2) is 4.90 Å². The van der Waals surface area contributed by atoms with Gasteiger partial charge < -0.3 is 9.84 Å². The van der Waals surface area contributed by atoms with Gasteiger partial charge in [0.05, 0.1) is 7.11 Å². The molecule has 1 atom stereocenters. The van der Waals surface area contributed by atoms with Crippen LogP contribution in [0.4, 0.5) is 0 Å². The topological polar surface area (TPSA) is 83.8 Å². The van der Waals surface area contributed by atoms with Crippen molar-refractivity contribution in [1.82, 2.24) is 0 Å². The molecule has 0 heterocycles. The minimum Gasteiger partial charge on any atom is -0.506 e. The van der Waals surface area contributed by atoms with Crippen molar-refractivity contribution in [1.29, 1.82) is 0 Å². The maximum atomic E-state index is 12.3. The summed E-state index contributed by atoms with van der Waals surface area (Å²) in [6.45, 7) is 23.3. The molecular formula is C25H44O5S. The molecule has 0 aliphatic heterocycles. The smallest absolute Gasteiger partial charge is 0.301 e. The van der Waals surface area contributed by atoms with Crippen molar-refractivity contribution < 1.29 is 22.8 Å². The number of ether oxygens (including phenoxy) is 1. The maximum absolute atomic E-state index is 12.3. The van der Waals surface area contributed by atoms with E-state index in [9.17, 15) is 18.1 Å². The number of aromatic hydroxyl groups is 1. The molecule has 0 aliphatic rings. The molecule has 0 radical (unpaired) electrons. The lowest BCUT2D eigenvalue weighted by molar-refractivity contribution is 0.0764. The molecule has 2 N–H and O–H groups in total. The van der Waals surface area contributed by atoms with Gasteiger partial charge in [-0.1, -0.05) is 62.3 Å². The van der Waals surface area contributed by atoms with Crippen LogP contribution in [0.25, 0.3) is 0 Å². The molecule has 31 heavy (non-hydrogen) atoms. The van der Waals surface area contributed by atoms with Crippen LogP contribution in [0.1, 0.15) is 97.8 Å². The molecule has 180 valence electrons. The van der Waals surface area contributed by atoms with Gasteiger partial charge in [0.1, 0.15) is 11.5 Å². The highest BCUT2D eigenvalue weighted by molar-refractivity contribution is 7.86. The Kier molecular flexibility index (Phi) is 8.00. The molecule has 1 rings (SSSR count). The van der Waals surface area contributed by atoms with Gasteiger partial charge in [-0.05, 0) is 65.9 Å². The summed E-state index contributed by atoms with van der Waals surface area (Å²) in [4.78, 5) is -0.537. The zero-order chi connectivity index (χ0) is 24.7. The fourth-order valence-corrected chi connectivity index (χ4v) is 7.09. The van der Waals surface area contributed by atoms with Crippen LogP contribution in [0.5, 0.6) is 11.5 Å². The number of hydrogen-bond acceptors (Lipinski definition) is 4. The van der Waals surface area contributed by atoms with E-state index in [1.165, 1.54) is 7.11 Å². The molecule has 0 aromatic heterocycles. The molecule has 1 unspecified atom stereocenters. The van der Waals surface area contributed by atoms with Gasteiger partial charge >= 0.3 is 10.1 Å². The van der Waals surface area contributed by atoms with E-state index in [4.69, 9.17) is 4.74 Å². The van der Waals surface area contributed by atoms with Gasteiger partial charge in [-0.15, -0.1) is 0 Å². The Balaban J connectivity index is 4.13. The van der Waals surface area contributed by atoms with E-state index >= 15 is 0 Å². The molecule has 6 heteroatoms. The summed E-state index contributed by atoms with van der Waals surface area (Å²) in [5.74, 6) is -0.140. The lowest BCUT2D eigenvalue weighted by atomic mass is 9.55. The van der Waals surface area contributed by atoms with Gasteiger partial charge in [-0.2, -0.15) is 8.42 Å². The molecule has 0 saturated carbocycles. The highest BCUT2D eigenvalue weighted by Gasteiger charge is 2.47. The molecule has 0 bridgehead atoms. The van der Waals surface area contributed by atoms with E-state index < -0.39 is 20.8 Å². The van der Waals surface area contributed by atoms with Crippen LogP contribution in [0.3, 0.4) is 0 Å². The average molecular weight is 457 g/mol. The first-order chi connectivity index (χ1) is 13.7. The molecule has 0 saturated heterocycles. The fraction of sp³-hybridized carbons (Fsp3) is 0.760. The second-order valence-electron chi connectivity index (χ2n) is 12.1. The minimum atomic E-state index is -4.70. The van der Waals surface area contributed by atoms with Crippen molar-refractivity contribution in [3.63, 3.8) is 0 Å². The molecular weight excluding hydrogens is 412 g/mol. The minimum absolute atomic E-state index is 0.00436. The van der Waals surface area contributed by atoms with Crippen molar-refractivity contribution in [3.05, 3.63) is 16.7 Å². The van der Waals surface area contributed by atoms with Crippen LogP contribution in [-0.4, -0.2) is 25.2 Å². The first kappa shape index (κ1) is 27.8. The van der Waals surface area contributed by atoms with Crippen LogP contribution in [0, 0.1) is 36.0 Å². The highest BCUT2D eigenvalue weighted by Crippen LogP contribution is 2.58. The molecule has 1 aromatic rings. The quantitative estimate of drug-likeness (QED) is 0.416. The Labute approximate surface area is 190 Å². The van der Waals surface area contributed by atoms with E-state index in [0.717, 1.165) is 18.4 Å². The fourth-order valence-electron chi connectivity index (χ4n) is 6.27. The zero-order valence-electron chi connectivity index (χ0n) is 21.6. The van der Waals surface area contributed by atoms with Gasteiger partial charge in [-0.25, -0.2) is 0 Å². The predicted molar refractivity (Wildman–Crippen MR) is 128 cm³/mol. The first-order valence-corrected chi connectivity index (χ1v) is 12.5. The molecule has 1 aromatic carbocycles. The summed E-state index contributed by atoms with van der Waals surface area (Å²) >= 11 is 0. The summed E-state index contributed by atoms with van der Waals surface area (Å²) in [5, 5.41) is 11.4. The van der Waals surface area contributed by atoms with Crippen LogP contribution in [0.15, 0.2) is 4.90 Å². The SMILES string of the molecule is COc1c(C)c(C)c(C(C(C)(C)CC(C)C)C(C)(C)CC(C)(C)C)c(O)c1S(=O)(=O)O. The molecule has 0 fully saturated rings. The van der Waals surface area contributed by atoms with E-state index in [-0.39, 0.29) is 27.9 Å². The Morgan fingerprint density at radius 2 is 1.42 bits per heavy atom. The second kappa shape index (κ2) is 8.93. The van der Waals surface area contributed by atoms with E-state index in [1.807, 2.05) is 6.92 Å². The summed E-state index contributed by atoms with van der Waals surface area (Å²) in [6.07, 6.45) is 1.77. The summed E-state index contributed by atoms with van der Waals surface area (Å²) < 4.78 is 39.9. The molecule has 0 amide bonds. The van der Waals surface area contributed by atoms with Crippen molar-refractivity contribution in [2.45, 2.75) is 99.8 Å². The third-order valence-electron chi connectivity index (χ3n) is 6.22. The summed E-state index contributed by atoms with van der Waals surface area (Å²) in [7, 11) is -3.35. The number of hydrogen-bond donors (Lipinski definition) is 2. The monoisotopic (exact) mass is 456 g/mol. The zero-order valence-corrected chi connectivity index (χ0v) is 22.4. The van der Waals surface area contributed by atoms with E-state index in [1.54, 1.807) is 6.92 Å². The van der Waals surface area contributed by atoms with Crippen LogP contribution >= 0.6 is 0 Å². The number of methoxy groups -OCH3 is 1. The third-order valence-corrected chi connectivity index (χ3v) is 7.11. The molecule has 5 nitrogen and oxygen atoms in total. The van der Waals surface area contributed by atoms with E-state index in [2.05, 4.69) is 62.3 Å². The number of phenolic OH excluding ortho intramolecular Hbond substituents is 1. The van der Waals surface area contributed by atoms with Crippen LogP contribution in [0.2, 0.25) is 0 Å². The largest absolute Gasteiger partial charge is 0.506 e. The molecule has 0 spiro atoms. The number of benzene rings is 1. The number of phenols is 1.